The van der Waals surface area contributed by atoms with E-state index in [9.17, 15) is 0 Å². The number of para-hydroxylation sites is 2. The van der Waals surface area contributed by atoms with Crippen molar-refractivity contribution in [1.82, 2.24) is 15.0 Å². The molecule has 0 fully saturated rings. The molecule has 2 aliphatic rings. The highest BCUT2D eigenvalue weighted by atomic mass is 16.3. The van der Waals surface area contributed by atoms with Crippen LogP contribution in [0.5, 0.6) is 0 Å². The predicted molar refractivity (Wildman–Crippen MR) is 252 cm³/mol. The van der Waals surface area contributed by atoms with Gasteiger partial charge in [0.05, 0.1) is 6.04 Å². The second kappa shape index (κ2) is 14.8. The molecular weight excluding hydrogens is 757 g/mol. The average molecular weight is 795 g/mol. The maximum absolute atomic E-state index is 6.66. The van der Waals surface area contributed by atoms with Crippen LogP contribution in [0, 0.1) is 0 Å². The van der Waals surface area contributed by atoms with Crippen LogP contribution in [0.4, 0.5) is 11.4 Å². The number of rotatable bonds is 7. The molecule has 5 heteroatoms. The Hall–Kier alpha value is -8.15. The summed E-state index contributed by atoms with van der Waals surface area (Å²) in [5.74, 6) is 2.96. The number of nitrogens with zero attached hydrogens (tertiary/aromatic N) is 4. The lowest BCUT2D eigenvalue weighted by atomic mass is 9.82. The fourth-order valence-corrected chi connectivity index (χ4v) is 9.32. The smallest absolute Gasteiger partial charge is 0.164 e. The van der Waals surface area contributed by atoms with E-state index in [1.54, 1.807) is 0 Å². The maximum atomic E-state index is 6.66. The zero-order chi connectivity index (χ0) is 41.0. The van der Waals surface area contributed by atoms with Crippen molar-refractivity contribution in [1.29, 1.82) is 0 Å². The zero-order valence-electron chi connectivity index (χ0n) is 33.6. The van der Waals surface area contributed by atoms with Crippen molar-refractivity contribution in [3.63, 3.8) is 0 Å². The first-order valence-electron chi connectivity index (χ1n) is 21.1. The number of anilines is 2. The predicted octanol–water partition coefficient (Wildman–Crippen LogP) is 14.3. The van der Waals surface area contributed by atoms with E-state index in [0.717, 1.165) is 61.2 Å². The van der Waals surface area contributed by atoms with Gasteiger partial charge in [0.2, 0.25) is 0 Å². The summed E-state index contributed by atoms with van der Waals surface area (Å²) in [6.45, 7) is 0. The van der Waals surface area contributed by atoms with Crippen molar-refractivity contribution in [3.8, 4) is 67.5 Å². The van der Waals surface area contributed by atoms with Crippen molar-refractivity contribution in [2.45, 2.75) is 12.0 Å². The molecule has 0 spiro atoms. The van der Waals surface area contributed by atoms with Gasteiger partial charge in [0, 0.05) is 44.9 Å². The van der Waals surface area contributed by atoms with Crippen LogP contribution in [0.15, 0.2) is 217 Å². The highest BCUT2D eigenvalue weighted by molar-refractivity contribution is 5.93. The Labute approximate surface area is 360 Å². The summed E-state index contributed by atoms with van der Waals surface area (Å²) < 4.78 is 6.66. The van der Waals surface area contributed by atoms with Gasteiger partial charge in [-0.1, -0.05) is 182 Å². The minimum Gasteiger partial charge on any atom is -0.456 e. The molecule has 3 heterocycles. The molecule has 0 saturated heterocycles. The van der Waals surface area contributed by atoms with E-state index in [2.05, 4.69) is 211 Å². The Morgan fingerprint density at radius 3 is 1.56 bits per heavy atom. The van der Waals surface area contributed by atoms with E-state index in [1.165, 1.54) is 28.1 Å². The lowest BCUT2D eigenvalue weighted by molar-refractivity contribution is 0.584. The molecule has 12 rings (SSSR count). The first-order valence-corrected chi connectivity index (χ1v) is 21.1. The Balaban J connectivity index is 0.894. The van der Waals surface area contributed by atoms with Crippen LogP contribution < -0.4 is 4.90 Å². The van der Waals surface area contributed by atoms with Gasteiger partial charge >= 0.3 is 0 Å². The summed E-state index contributed by atoms with van der Waals surface area (Å²) in [7, 11) is 0. The molecule has 0 N–H and O–H groups in total. The van der Waals surface area contributed by atoms with Gasteiger partial charge < -0.3 is 9.32 Å². The summed E-state index contributed by atoms with van der Waals surface area (Å²) in [6.07, 6.45) is 4.47. The molecule has 0 bridgehead atoms. The lowest BCUT2D eigenvalue weighted by Gasteiger charge is -2.30. The molecule has 0 radical (unpaired) electrons. The molecule has 2 unspecified atom stereocenters. The van der Waals surface area contributed by atoms with E-state index >= 15 is 0 Å². The van der Waals surface area contributed by atoms with Crippen LogP contribution in [0.2, 0.25) is 0 Å². The third kappa shape index (κ3) is 6.22. The Bertz CT molecular complexity index is 3290. The molecule has 1 aliphatic heterocycles. The lowest BCUT2D eigenvalue weighted by Crippen LogP contribution is -2.30. The van der Waals surface area contributed by atoms with Gasteiger partial charge in [0.1, 0.15) is 11.3 Å². The minimum atomic E-state index is 0.160. The second-order valence-electron chi connectivity index (χ2n) is 16.0. The van der Waals surface area contributed by atoms with E-state index < -0.39 is 0 Å². The number of hydrogen-bond donors (Lipinski definition) is 0. The standard InChI is InChI=1S/C57H38N4O/c1-4-13-37(14-5-1)39-23-27-41(28-24-39)55-58-56(60-57(59-55)45-18-12-17-43(35-45)38-15-6-2-7-16-38)42-29-25-40(26-30-42)44-31-32-48-52(36-44)62-51-34-33-50-53(54(48)51)47-21-10-11-22-49(47)61(50)46-19-8-3-9-20-46/h1-36,50,53H. The number of aromatic nitrogens is 3. The van der Waals surface area contributed by atoms with Gasteiger partial charge in [-0.2, -0.15) is 0 Å². The van der Waals surface area contributed by atoms with Gasteiger partial charge in [-0.25, -0.2) is 15.0 Å². The number of hydrogen-bond acceptors (Lipinski definition) is 5. The summed E-state index contributed by atoms with van der Waals surface area (Å²) in [5.41, 5.74) is 15.4. The molecule has 1 aliphatic carbocycles. The average Bonchev–Trinajstić information content (AvgIpc) is 3.90. The van der Waals surface area contributed by atoms with Crippen molar-refractivity contribution in [2.75, 3.05) is 4.90 Å². The van der Waals surface area contributed by atoms with Gasteiger partial charge in [-0.05, 0) is 75.4 Å². The number of furan rings is 1. The summed E-state index contributed by atoms with van der Waals surface area (Å²) >= 11 is 0. The van der Waals surface area contributed by atoms with Crippen molar-refractivity contribution >= 4 is 28.4 Å². The molecule has 62 heavy (non-hydrogen) atoms. The highest BCUT2D eigenvalue weighted by Crippen LogP contribution is 2.53. The van der Waals surface area contributed by atoms with Crippen LogP contribution in [0.3, 0.4) is 0 Å². The summed E-state index contributed by atoms with van der Waals surface area (Å²) in [5, 5.41) is 1.16. The minimum absolute atomic E-state index is 0.160. The number of benzene rings is 8. The quantitative estimate of drug-likeness (QED) is 0.161. The fourth-order valence-electron chi connectivity index (χ4n) is 9.32. The zero-order valence-corrected chi connectivity index (χ0v) is 33.6. The van der Waals surface area contributed by atoms with Crippen LogP contribution in [0.25, 0.3) is 84.6 Å². The van der Waals surface area contributed by atoms with Gasteiger partial charge in [0.25, 0.3) is 0 Å². The van der Waals surface area contributed by atoms with Gasteiger partial charge in [0.15, 0.2) is 17.5 Å². The molecule has 5 nitrogen and oxygen atoms in total. The third-order valence-corrected chi connectivity index (χ3v) is 12.3. The third-order valence-electron chi connectivity index (χ3n) is 12.3. The monoisotopic (exact) mass is 794 g/mol. The molecule has 0 saturated carbocycles. The molecule has 10 aromatic rings. The first kappa shape index (κ1) is 35.8. The van der Waals surface area contributed by atoms with E-state index in [1.807, 2.05) is 12.1 Å². The van der Waals surface area contributed by atoms with Gasteiger partial charge in [-0.15, -0.1) is 0 Å². The Morgan fingerprint density at radius 1 is 0.403 bits per heavy atom. The van der Waals surface area contributed by atoms with Crippen molar-refractivity contribution < 1.29 is 4.42 Å². The molecule has 292 valence electrons. The Morgan fingerprint density at radius 2 is 0.887 bits per heavy atom. The summed E-state index contributed by atoms with van der Waals surface area (Å²) in [4.78, 5) is 17.7. The molecular formula is C57H38N4O. The van der Waals surface area contributed by atoms with E-state index in [0.29, 0.717) is 17.5 Å². The van der Waals surface area contributed by atoms with E-state index in [4.69, 9.17) is 19.4 Å². The Kier molecular flexibility index (Phi) is 8.56. The highest BCUT2D eigenvalue weighted by Gasteiger charge is 2.43. The summed E-state index contributed by atoms with van der Waals surface area (Å²) in [6, 6.07) is 72.5. The van der Waals surface area contributed by atoms with Crippen molar-refractivity contribution in [2.24, 2.45) is 0 Å². The molecule has 8 aromatic carbocycles. The van der Waals surface area contributed by atoms with Crippen LogP contribution in [-0.4, -0.2) is 21.0 Å². The molecule has 0 amide bonds. The maximum Gasteiger partial charge on any atom is 0.164 e. The normalized spacial score (nSPS) is 15.0. The first-order chi connectivity index (χ1) is 30.7. The topological polar surface area (TPSA) is 55.1 Å². The fraction of sp³-hybridized carbons (Fsp3) is 0.0351. The van der Waals surface area contributed by atoms with Crippen LogP contribution in [0.1, 0.15) is 22.8 Å². The van der Waals surface area contributed by atoms with E-state index in [-0.39, 0.29) is 12.0 Å². The van der Waals surface area contributed by atoms with Crippen LogP contribution >= 0.6 is 0 Å². The van der Waals surface area contributed by atoms with Crippen LogP contribution in [-0.2, 0) is 0 Å². The van der Waals surface area contributed by atoms with Gasteiger partial charge in [-0.3, -0.25) is 0 Å². The largest absolute Gasteiger partial charge is 0.456 e. The van der Waals surface area contributed by atoms with Crippen molar-refractivity contribution in [3.05, 3.63) is 229 Å². The second-order valence-corrected chi connectivity index (χ2v) is 16.0. The molecule has 2 atom stereocenters. The number of fused-ring (bicyclic) bond motifs is 7. The SMILES string of the molecule is C1=CC2C(c3ccccc3N2c2ccccc2)c2c1oc1cc(-c3ccc(-c4nc(-c5ccc(-c6ccccc6)cc5)nc(-c5cccc(-c6ccccc6)c5)n4)cc3)ccc21. The molecule has 2 aromatic heterocycles.